The molecule has 3 aliphatic rings. The Kier molecular flexibility index (Phi) is 10.9. The lowest BCUT2D eigenvalue weighted by atomic mass is 9.97. The van der Waals surface area contributed by atoms with Gasteiger partial charge in [0.05, 0.1) is 36.2 Å². The highest BCUT2D eigenvalue weighted by atomic mass is 16.6. The summed E-state index contributed by atoms with van der Waals surface area (Å²) in [6.45, 7) is 9.76. The number of esters is 1. The molecule has 0 unspecified atom stereocenters. The zero-order valence-corrected chi connectivity index (χ0v) is 31.7. The van der Waals surface area contributed by atoms with Gasteiger partial charge in [-0.3, -0.25) is 4.79 Å². The molecular weight excluding hydrogens is 683 g/mol. The Morgan fingerprint density at radius 2 is 1.74 bits per heavy atom. The number of piperazine rings is 1. The van der Waals surface area contributed by atoms with E-state index in [1.807, 2.05) is 81.4 Å². The maximum Gasteiger partial charge on any atom is 0.410 e. The fraction of sp³-hybridized carbons (Fsp3) is 0.452. The highest BCUT2D eigenvalue weighted by Gasteiger charge is 2.35. The summed E-state index contributed by atoms with van der Waals surface area (Å²) in [6.07, 6.45) is 2.60. The van der Waals surface area contributed by atoms with E-state index in [9.17, 15) is 14.9 Å². The van der Waals surface area contributed by atoms with Gasteiger partial charge < -0.3 is 33.8 Å². The summed E-state index contributed by atoms with van der Waals surface area (Å²) >= 11 is 0. The second-order valence-electron chi connectivity index (χ2n) is 15.5. The van der Waals surface area contributed by atoms with E-state index in [4.69, 9.17) is 24.2 Å². The van der Waals surface area contributed by atoms with Crippen molar-refractivity contribution in [3.05, 3.63) is 83.6 Å². The smallest absolute Gasteiger partial charge is 0.410 e. The molecule has 0 spiro atoms. The van der Waals surface area contributed by atoms with E-state index in [2.05, 4.69) is 33.9 Å². The van der Waals surface area contributed by atoms with Crippen molar-refractivity contribution in [2.45, 2.75) is 71.7 Å². The molecule has 7 rings (SSSR count). The molecule has 0 N–H and O–H groups in total. The first kappa shape index (κ1) is 36.9. The van der Waals surface area contributed by atoms with Crippen LogP contribution in [0.3, 0.4) is 0 Å². The number of ether oxygens (including phenoxy) is 3. The van der Waals surface area contributed by atoms with Crippen LogP contribution in [0.2, 0.25) is 0 Å². The summed E-state index contributed by atoms with van der Waals surface area (Å²) in [6, 6.07) is 24.1. The van der Waals surface area contributed by atoms with Crippen LogP contribution < -0.4 is 19.3 Å². The minimum Gasteiger partial charge on any atom is -0.462 e. The maximum absolute atomic E-state index is 13.3. The van der Waals surface area contributed by atoms with Crippen molar-refractivity contribution in [3.63, 3.8) is 0 Å². The second-order valence-corrected chi connectivity index (χ2v) is 15.5. The third-order valence-corrected chi connectivity index (χ3v) is 10.6. The monoisotopic (exact) mass is 731 g/mol. The molecule has 4 aromatic rings. The number of nitrogens with zero attached hydrogens (tertiary/aromatic N) is 7. The SMILES string of the molecule is CN1CCC[C@H]1COc1nc2c(c(N3CCN(C(=O)OCc4ccccc4)[C@@H](CC#N)C3)n1)CCN(c1cc(OC(=O)C(C)(C)C)cc3ccccc13)C2. The number of likely N-dealkylation sites (tertiary alicyclic amines) is 1. The molecule has 2 atom stereocenters. The van der Waals surface area contributed by atoms with Crippen LogP contribution in [0.4, 0.5) is 16.3 Å². The van der Waals surface area contributed by atoms with Crippen LogP contribution in [-0.2, 0) is 29.1 Å². The second kappa shape index (κ2) is 15.9. The largest absolute Gasteiger partial charge is 0.462 e. The summed E-state index contributed by atoms with van der Waals surface area (Å²) in [5.41, 5.74) is 3.12. The van der Waals surface area contributed by atoms with E-state index < -0.39 is 11.5 Å². The maximum atomic E-state index is 13.3. The molecule has 2 saturated heterocycles. The normalized spacial score (nSPS) is 19.0. The average molecular weight is 732 g/mol. The molecule has 0 saturated carbocycles. The zero-order chi connectivity index (χ0) is 37.8. The average Bonchev–Trinajstić information content (AvgIpc) is 3.59. The molecular formula is C42H49N7O5. The van der Waals surface area contributed by atoms with Gasteiger partial charge in [0.25, 0.3) is 0 Å². The van der Waals surface area contributed by atoms with Crippen LogP contribution in [0.15, 0.2) is 66.7 Å². The van der Waals surface area contributed by atoms with Crippen molar-refractivity contribution in [3.8, 4) is 17.8 Å². The van der Waals surface area contributed by atoms with Gasteiger partial charge in [0.1, 0.15) is 24.8 Å². The van der Waals surface area contributed by atoms with Crippen LogP contribution in [0.1, 0.15) is 56.9 Å². The molecule has 54 heavy (non-hydrogen) atoms. The molecule has 1 aromatic heterocycles. The highest BCUT2D eigenvalue weighted by Crippen LogP contribution is 2.38. The van der Waals surface area contributed by atoms with Crippen molar-refractivity contribution in [1.29, 1.82) is 5.26 Å². The van der Waals surface area contributed by atoms with Crippen LogP contribution in [0.25, 0.3) is 10.8 Å². The van der Waals surface area contributed by atoms with E-state index in [1.54, 1.807) is 4.90 Å². The summed E-state index contributed by atoms with van der Waals surface area (Å²) < 4.78 is 18.0. The summed E-state index contributed by atoms with van der Waals surface area (Å²) in [4.78, 5) is 44.7. The quantitative estimate of drug-likeness (QED) is 0.141. The van der Waals surface area contributed by atoms with Gasteiger partial charge >= 0.3 is 18.1 Å². The number of hydrogen-bond donors (Lipinski definition) is 0. The van der Waals surface area contributed by atoms with E-state index in [0.29, 0.717) is 63.6 Å². The first-order valence-corrected chi connectivity index (χ1v) is 18.9. The van der Waals surface area contributed by atoms with Crippen LogP contribution in [0, 0.1) is 16.7 Å². The lowest BCUT2D eigenvalue weighted by Crippen LogP contribution is -2.55. The Balaban J connectivity index is 1.17. The van der Waals surface area contributed by atoms with Gasteiger partial charge in [-0.2, -0.15) is 15.2 Å². The Labute approximate surface area is 317 Å². The predicted molar refractivity (Wildman–Crippen MR) is 207 cm³/mol. The van der Waals surface area contributed by atoms with E-state index in [-0.39, 0.29) is 25.0 Å². The molecule has 12 nitrogen and oxygen atoms in total. The number of fused-ring (bicyclic) bond motifs is 2. The van der Waals surface area contributed by atoms with Crippen LogP contribution in [-0.4, -0.2) is 90.3 Å². The van der Waals surface area contributed by atoms with E-state index >= 15 is 0 Å². The van der Waals surface area contributed by atoms with Crippen molar-refractivity contribution < 1.29 is 23.8 Å². The number of carbonyl (C=O) groups excluding carboxylic acids is 2. The van der Waals surface area contributed by atoms with Gasteiger partial charge in [-0.25, -0.2) is 4.79 Å². The third-order valence-electron chi connectivity index (χ3n) is 10.6. The number of amides is 1. The molecule has 0 radical (unpaired) electrons. The Morgan fingerprint density at radius 3 is 2.50 bits per heavy atom. The molecule has 3 aliphatic heterocycles. The summed E-state index contributed by atoms with van der Waals surface area (Å²) in [5.74, 6) is 0.998. The van der Waals surface area contributed by atoms with Crippen LogP contribution in [0.5, 0.6) is 11.8 Å². The molecule has 3 aromatic carbocycles. The molecule has 0 aliphatic carbocycles. The van der Waals surface area contributed by atoms with E-state index in [1.165, 1.54) is 0 Å². The van der Waals surface area contributed by atoms with E-state index in [0.717, 1.165) is 58.5 Å². The number of rotatable bonds is 9. The number of benzene rings is 3. The molecule has 282 valence electrons. The molecule has 12 heteroatoms. The number of aromatic nitrogens is 2. The van der Waals surface area contributed by atoms with Gasteiger partial charge in [0, 0.05) is 54.9 Å². The van der Waals surface area contributed by atoms with Crippen molar-refractivity contribution in [2.24, 2.45) is 5.41 Å². The summed E-state index contributed by atoms with van der Waals surface area (Å²) in [7, 11) is 2.12. The lowest BCUT2D eigenvalue weighted by molar-refractivity contribution is -0.142. The molecule has 1 amide bonds. The Morgan fingerprint density at radius 1 is 0.944 bits per heavy atom. The van der Waals surface area contributed by atoms with Crippen molar-refractivity contribution >= 4 is 34.3 Å². The number of carbonyl (C=O) groups is 2. The lowest BCUT2D eigenvalue weighted by Gasteiger charge is -2.42. The fourth-order valence-corrected chi connectivity index (χ4v) is 7.50. The molecule has 4 heterocycles. The number of anilines is 2. The topological polar surface area (TPSA) is 124 Å². The Hall–Kier alpha value is -5.41. The number of nitriles is 1. The molecule has 0 bridgehead atoms. The van der Waals surface area contributed by atoms with Gasteiger partial charge in [-0.05, 0) is 70.6 Å². The highest BCUT2D eigenvalue weighted by molar-refractivity contribution is 5.96. The van der Waals surface area contributed by atoms with Gasteiger partial charge in [-0.15, -0.1) is 0 Å². The number of likely N-dealkylation sites (N-methyl/N-ethyl adjacent to an activating group) is 1. The van der Waals surface area contributed by atoms with Gasteiger partial charge in [0.2, 0.25) is 0 Å². The standard InChI is InChI=1S/C42H49N7O5/c1-42(2,3)39(50)54-33-23-30-13-8-9-15-34(30)37(24-33)47-20-17-35-36(26-47)44-40(52-28-32-14-10-19-46(32)4)45-38(35)48-21-22-49(31(25-48)16-18-43)41(51)53-27-29-11-6-5-7-12-29/h5-9,11-13,15,23-24,31-32H,10,14,16-17,19-22,25-28H2,1-4H3/t31-,32-/m0/s1. The number of hydrogen-bond acceptors (Lipinski definition) is 11. The first-order valence-electron chi connectivity index (χ1n) is 18.9. The van der Waals surface area contributed by atoms with Crippen molar-refractivity contribution in [2.75, 3.05) is 56.2 Å². The fourth-order valence-electron chi connectivity index (χ4n) is 7.50. The van der Waals surface area contributed by atoms with Gasteiger partial charge in [0.15, 0.2) is 0 Å². The van der Waals surface area contributed by atoms with Crippen molar-refractivity contribution in [1.82, 2.24) is 19.8 Å². The van der Waals surface area contributed by atoms with Gasteiger partial charge in [-0.1, -0.05) is 54.6 Å². The third kappa shape index (κ3) is 8.21. The van der Waals surface area contributed by atoms with Crippen LogP contribution >= 0.6 is 0 Å². The predicted octanol–water partition coefficient (Wildman–Crippen LogP) is 6.36. The Bertz CT molecular complexity index is 2030. The first-order chi connectivity index (χ1) is 26.1. The minimum atomic E-state index is -0.646. The summed E-state index contributed by atoms with van der Waals surface area (Å²) in [5, 5.41) is 11.8. The zero-order valence-electron chi connectivity index (χ0n) is 31.7. The molecule has 2 fully saturated rings. The minimum absolute atomic E-state index is 0.165.